The summed E-state index contributed by atoms with van der Waals surface area (Å²) in [6.07, 6.45) is 1.58. The normalized spacial score (nSPS) is 10.7. The molecule has 0 radical (unpaired) electrons. The molecule has 5 nitrogen and oxygen atoms in total. The Morgan fingerprint density at radius 2 is 1.96 bits per heavy atom. The van der Waals surface area contributed by atoms with Crippen molar-refractivity contribution in [3.05, 3.63) is 57.6 Å². The van der Waals surface area contributed by atoms with Crippen LogP contribution in [0.25, 0.3) is 0 Å². The summed E-state index contributed by atoms with van der Waals surface area (Å²) in [4.78, 5) is 11.8. The highest BCUT2D eigenvalue weighted by Gasteiger charge is 2.05. The summed E-state index contributed by atoms with van der Waals surface area (Å²) in [7, 11) is 1.63. The molecule has 0 aliphatic heterocycles. The van der Waals surface area contributed by atoms with Crippen molar-refractivity contribution in [3.63, 3.8) is 0 Å². The van der Waals surface area contributed by atoms with Crippen molar-refractivity contribution in [1.29, 1.82) is 0 Å². The second-order valence-corrected chi connectivity index (χ2v) is 6.10. The van der Waals surface area contributed by atoms with Gasteiger partial charge in [-0.05, 0) is 76.8 Å². The van der Waals surface area contributed by atoms with E-state index in [0.29, 0.717) is 5.75 Å². The molecule has 6 heteroatoms. The maximum Gasteiger partial charge on any atom is 0.277 e. The molecule has 0 saturated carbocycles. The fourth-order valence-corrected chi connectivity index (χ4v) is 2.67. The minimum Gasteiger partial charge on any atom is -0.496 e. The van der Waals surface area contributed by atoms with Crippen molar-refractivity contribution >= 4 is 28.1 Å². The molecule has 2 aromatic rings. The molecule has 1 N–H and O–H groups in total. The Morgan fingerprint density at radius 3 is 2.62 bits per heavy atom. The van der Waals surface area contributed by atoms with Gasteiger partial charge in [-0.2, -0.15) is 5.10 Å². The smallest absolute Gasteiger partial charge is 0.277 e. The Bertz CT molecular complexity index is 760. The van der Waals surface area contributed by atoms with Crippen molar-refractivity contribution in [2.45, 2.75) is 13.8 Å². The average Bonchev–Trinajstić information content (AvgIpc) is 2.54. The molecule has 1 amide bonds. The lowest BCUT2D eigenvalue weighted by Crippen LogP contribution is -2.24. The lowest BCUT2D eigenvalue weighted by Gasteiger charge is -2.07. The molecular formula is C18H19BrN2O3. The maximum absolute atomic E-state index is 11.8. The van der Waals surface area contributed by atoms with Gasteiger partial charge in [0.1, 0.15) is 11.5 Å². The fourth-order valence-electron chi connectivity index (χ4n) is 2.06. The van der Waals surface area contributed by atoms with Gasteiger partial charge in [-0.15, -0.1) is 0 Å². The van der Waals surface area contributed by atoms with Crippen LogP contribution in [0.4, 0.5) is 0 Å². The van der Waals surface area contributed by atoms with Crippen LogP contribution in [0.5, 0.6) is 11.5 Å². The Balaban J connectivity index is 1.85. The van der Waals surface area contributed by atoms with Gasteiger partial charge in [0.05, 0.1) is 17.8 Å². The van der Waals surface area contributed by atoms with E-state index in [-0.39, 0.29) is 12.5 Å². The van der Waals surface area contributed by atoms with Gasteiger partial charge in [0.2, 0.25) is 0 Å². The summed E-state index contributed by atoms with van der Waals surface area (Å²) >= 11 is 3.40. The molecule has 0 aliphatic rings. The van der Waals surface area contributed by atoms with Gasteiger partial charge in [-0.25, -0.2) is 5.43 Å². The van der Waals surface area contributed by atoms with Crippen LogP contribution >= 0.6 is 15.9 Å². The summed E-state index contributed by atoms with van der Waals surface area (Å²) in [5.41, 5.74) is 5.42. The molecule has 24 heavy (non-hydrogen) atoms. The monoisotopic (exact) mass is 390 g/mol. The maximum atomic E-state index is 11.8. The first kappa shape index (κ1) is 18.0. The highest BCUT2D eigenvalue weighted by molar-refractivity contribution is 9.10. The number of halogens is 1. The highest BCUT2D eigenvalue weighted by atomic mass is 79.9. The number of aryl methyl sites for hydroxylation is 2. The second kappa shape index (κ2) is 8.49. The van der Waals surface area contributed by atoms with Crippen molar-refractivity contribution in [2.24, 2.45) is 5.10 Å². The van der Waals surface area contributed by atoms with Gasteiger partial charge in [0.15, 0.2) is 6.61 Å². The fraction of sp³-hybridized carbons (Fsp3) is 0.222. The predicted octanol–water partition coefficient (Wildman–Crippen LogP) is 3.60. The third-order valence-electron chi connectivity index (χ3n) is 3.27. The van der Waals surface area contributed by atoms with Crippen LogP contribution in [0.3, 0.4) is 0 Å². The summed E-state index contributed by atoms with van der Waals surface area (Å²) in [6, 6.07) is 11.3. The van der Waals surface area contributed by atoms with Crippen molar-refractivity contribution in [1.82, 2.24) is 5.43 Å². The van der Waals surface area contributed by atoms with E-state index in [1.54, 1.807) is 13.3 Å². The SMILES string of the molecule is COc1ccc(/C=N/NC(=O)COc2ccc(C)cc2Br)cc1C. The number of hydrogen-bond acceptors (Lipinski definition) is 4. The highest BCUT2D eigenvalue weighted by Crippen LogP contribution is 2.25. The molecule has 0 unspecified atom stereocenters. The number of methoxy groups -OCH3 is 1. The summed E-state index contributed by atoms with van der Waals surface area (Å²) in [5.74, 6) is 1.10. The van der Waals surface area contributed by atoms with Crippen LogP contribution in [0.15, 0.2) is 46.0 Å². The van der Waals surface area contributed by atoms with Crippen LogP contribution in [0.2, 0.25) is 0 Å². The Morgan fingerprint density at radius 1 is 1.21 bits per heavy atom. The largest absolute Gasteiger partial charge is 0.496 e. The summed E-state index contributed by atoms with van der Waals surface area (Å²) in [6.45, 7) is 3.82. The van der Waals surface area contributed by atoms with Gasteiger partial charge >= 0.3 is 0 Å². The molecule has 0 aliphatic carbocycles. The van der Waals surface area contributed by atoms with Gasteiger partial charge in [0.25, 0.3) is 5.91 Å². The summed E-state index contributed by atoms with van der Waals surface area (Å²) < 4.78 is 11.5. The zero-order chi connectivity index (χ0) is 17.5. The number of nitrogens with zero attached hydrogens (tertiary/aromatic N) is 1. The predicted molar refractivity (Wildman–Crippen MR) is 97.8 cm³/mol. The number of amides is 1. The molecule has 0 bridgehead atoms. The van der Waals surface area contributed by atoms with E-state index in [2.05, 4.69) is 26.5 Å². The standard InChI is InChI=1S/C18H19BrN2O3/c1-12-4-6-17(15(19)8-12)24-11-18(22)21-20-10-14-5-7-16(23-3)13(2)9-14/h4-10H,11H2,1-3H3,(H,21,22)/b20-10+. The van der Waals surface area contributed by atoms with E-state index in [4.69, 9.17) is 9.47 Å². The molecule has 0 heterocycles. The second-order valence-electron chi connectivity index (χ2n) is 5.24. The Kier molecular flexibility index (Phi) is 6.37. The van der Waals surface area contributed by atoms with Crippen LogP contribution in [-0.4, -0.2) is 25.8 Å². The van der Waals surface area contributed by atoms with Crippen LogP contribution in [-0.2, 0) is 4.79 Å². The molecule has 2 aromatic carbocycles. The Hall–Kier alpha value is -2.34. The number of hydrogen-bond donors (Lipinski definition) is 1. The lowest BCUT2D eigenvalue weighted by atomic mass is 10.1. The minimum atomic E-state index is -0.330. The number of rotatable bonds is 6. The van der Waals surface area contributed by atoms with E-state index in [1.807, 2.05) is 50.2 Å². The van der Waals surface area contributed by atoms with Crippen molar-refractivity contribution < 1.29 is 14.3 Å². The van der Waals surface area contributed by atoms with E-state index >= 15 is 0 Å². The number of nitrogens with one attached hydrogen (secondary N) is 1. The quantitative estimate of drug-likeness (QED) is 0.605. The van der Waals surface area contributed by atoms with E-state index < -0.39 is 0 Å². The van der Waals surface area contributed by atoms with Gasteiger partial charge in [-0.1, -0.05) is 6.07 Å². The average molecular weight is 391 g/mol. The topological polar surface area (TPSA) is 59.9 Å². The number of carbonyl (C=O) groups excluding carboxylic acids is 1. The molecule has 0 atom stereocenters. The molecule has 2 rings (SSSR count). The number of ether oxygens (including phenoxy) is 2. The zero-order valence-electron chi connectivity index (χ0n) is 13.8. The van der Waals surface area contributed by atoms with E-state index in [9.17, 15) is 4.79 Å². The first-order valence-corrected chi connectivity index (χ1v) is 8.14. The van der Waals surface area contributed by atoms with E-state index in [1.165, 1.54) is 0 Å². The van der Waals surface area contributed by atoms with E-state index in [0.717, 1.165) is 26.9 Å². The molecule has 0 fully saturated rings. The van der Waals surface area contributed by atoms with Gasteiger partial charge in [0, 0.05) is 0 Å². The summed E-state index contributed by atoms with van der Waals surface area (Å²) in [5, 5.41) is 3.93. The molecule has 0 saturated heterocycles. The molecule has 0 aromatic heterocycles. The molecular weight excluding hydrogens is 372 g/mol. The number of carbonyl (C=O) groups is 1. The Labute approximate surface area is 149 Å². The zero-order valence-corrected chi connectivity index (χ0v) is 15.4. The van der Waals surface area contributed by atoms with Gasteiger partial charge in [-0.3, -0.25) is 4.79 Å². The van der Waals surface area contributed by atoms with Crippen molar-refractivity contribution in [2.75, 3.05) is 13.7 Å². The van der Waals surface area contributed by atoms with Crippen LogP contribution in [0, 0.1) is 13.8 Å². The molecule has 126 valence electrons. The molecule has 0 spiro atoms. The van der Waals surface area contributed by atoms with Crippen LogP contribution in [0.1, 0.15) is 16.7 Å². The third kappa shape index (κ3) is 5.09. The first-order valence-electron chi connectivity index (χ1n) is 7.35. The minimum absolute atomic E-state index is 0.110. The van der Waals surface area contributed by atoms with Crippen LogP contribution < -0.4 is 14.9 Å². The lowest BCUT2D eigenvalue weighted by molar-refractivity contribution is -0.123. The number of hydrazone groups is 1. The number of benzene rings is 2. The van der Waals surface area contributed by atoms with Crippen molar-refractivity contribution in [3.8, 4) is 11.5 Å². The van der Waals surface area contributed by atoms with Gasteiger partial charge < -0.3 is 9.47 Å². The first-order chi connectivity index (χ1) is 11.5. The third-order valence-corrected chi connectivity index (χ3v) is 3.89.